The Kier molecular flexibility index (Phi) is 5.44. The highest BCUT2D eigenvalue weighted by molar-refractivity contribution is 7.88. The van der Waals surface area contributed by atoms with Crippen molar-refractivity contribution in [1.82, 2.24) is 9.21 Å². The molecule has 0 aliphatic carbocycles. The lowest BCUT2D eigenvalue weighted by molar-refractivity contribution is -0.132. The molecule has 0 bridgehead atoms. The van der Waals surface area contributed by atoms with Crippen LogP contribution in [0.15, 0.2) is 48.5 Å². The normalized spacial score (nSPS) is 14.3. The van der Waals surface area contributed by atoms with Crippen LogP contribution in [0.5, 0.6) is 0 Å². The van der Waals surface area contributed by atoms with E-state index in [4.69, 9.17) is 0 Å². The summed E-state index contributed by atoms with van der Waals surface area (Å²) < 4.78 is 25.6. The van der Waals surface area contributed by atoms with Crippen LogP contribution in [0.25, 0.3) is 0 Å². The van der Waals surface area contributed by atoms with E-state index in [0.29, 0.717) is 13.1 Å². The fourth-order valence-corrected chi connectivity index (χ4v) is 3.88. The van der Waals surface area contributed by atoms with Crippen LogP contribution in [0.4, 0.5) is 0 Å². The van der Waals surface area contributed by atoms with E-state index in [1.165, 1.54) is 9.87 Å². The first-order valence-corrected chi connectivity index (χ1v) is 10.5. The van der Waals surface area contributed by atoms with Crippen molar-refractivity contribution in [1.29, 1.82) is 0 Å². The highest BCUT2D eigenvalue weighted by Crippen LogP contribution is 2.19. The van der Waals surface area contributed by atoms with Crippen LogP contribution in [0, 0.1) is 6.92 Å². The first-order chi connectivity index (χ1) is 12.3. The molecule has 2 aromatic carbocycles. The molecule has 5 nitrogen and oxygen atoms in total. The summed E-state index contributed by atoms with van der Waals surface area (Å²) in [6.45, 7) is 3.22. The van der Waals surface area contributed by atoms with Crippen molar-refractivity contribution in [3.63, 3.8) is 0 Å². The number of carbonyl (C=O) groups excluding carboxylic acids is 1. The zero-order valence-electron chi connectivity index (χ0n) is 15.2. The van der Waals surface area contributed by atoms with E-state index in [2.05, 4.69) is 6.07 Å². The molecule has 0 atom stereocenters. The number of carbonyl (C=O) groups is 1. The van der Waals surface area contributed by atoms with Crippen LogP contribution in [0.3, 0.4) is 0 Å². The predicted octanol–water partition coefficient (Wildman–Crippen LogP) is 2.34. The fourth-order valence-electron chi connectivity index (χ4n) is 3.15. The van der Waals surface area contributed by atoms with Crippen LogP contribution in [0.2, 0.25) is 0 Å². The highest BCUT2D eigenvalue weighted by atomic mass is 32.2. The van der Waals surface area contributed by atoms with Gasteiger partial charge in [-0.05, 0) is 30.0 Å². The summed E-state index contributed by atoms with van der Waals surface area (Å²) >= 11 is 0. The van der Waals surface area contributed by atoms with Crippen molar-refractivity contribution >= 4 is 15.9 Å². The molecule has 0 fully saturated rings. The summed E-state index contributed by atoms with van der Waals surface area (Å²) in [6, 6.07) is 15.8. The molecule has 6 heteroatoms. The van der Waals surface area contributed by atoms with E-state index < -0.39 is 10.0 Å². The molecule has 3 rings (SSSR count). The van der Waals surface area contributed by atoms with E-state index in [1.54, 1.807) is 4.90 Å². The van der Waals surface area contributed by atoms with Gasteiger partial charge in [0.2, 0.25) is 15.9 Å². The summed E-state index contributed by atoms with van der Waals surface area (Å²) in [7, 11) is -3.48. The predicted molar refractivity (Wildman–Crippen MR) is 102 cm³/mol. The van der Waals surface area contributed by atoms with Gasteiger partial charge in [0.15, 0.2) is 0 Å². The van der Waals surface area contributed by atoms with Gasteiger partial charge in [-0.15, -0.1) is 0 Å². The van der Waals surface area contributed by atoms with E-state index in [-0.39, 0.29) is 19.0 Å². The summed E-state index contributed by atoms with van der Waals surface area (Å²) in [6.07, 6.45) is 1.96. The Morgan fingerprint density at radius 1 is 1.08 bits per heavy atom. The molecule has 1 amide bonds. The molecule has 138 valence electrons. The number of nitrogens with zero attached hydrogens (tertiary/aromatic N) is 2. The number of aryl methyl sites for hydroxylation is 1. The molecule has 0 N–H and O–H groups in total. The summed E-state index contributed by atoms with van der Waals surface area (Å²) in [4.78, 5) is 14.5. The van der Waals surface area contributed by atoms with Crippen LogP contribution >= 0.6 is 0 Å². The van der Waals surface area contributed by atoms with Crippen molar-refractivity contribution in [3.05, 3.63) is 70.8 Å². The summed E-state index contributed by atoms with van der Waals surface area (Å²) in [5, 5.41) is 0. The smallest absolute Gasteiger partial charge is 0.238 e. The molecule has 2 aromatic rings. The average Bonchev–Trinajstić information content (AvgIpc) is 2.61. The monoisotopic (exact) mass is 372 g/mol. The minimum Gasteiger partial charge on any atom is -0.337 e. The first kappa shape index (κ1) is 18.6. The number of sulfonamides is 1. The summed E-state index contributed by atoms with van der Waals surface area (Å²) in [5.74, 6) is -0.156. The minimum atomic E-state index is -3.48. The fraction of sp³-hybridized carbons (Fsp3) is 0.350. The quantitative estimate of drug-likeness (QED) is 0.809. The number of hydrogen-bond acceptors (Lipinski definition) is 3. The maximum atomic E-state index is 12.7. The number of rotatable bonds is 5. The van der Waals surface area contributed by atoms with Gasteiger partial charge in [-0.3, -0.25) is 4.79 Å². The van der Waals surface area contributed by atoms with Crippen LogP contribution in [0.1, 0.15) is 22.3 Å². The van der Waals surface area contributed by atoms with Gasteiger partial charge in [0.25, 0.3) is 0 Å². The Morgan fingerprint density at radius 3 is 2.38 bits per heavy atom. The van der Waals surface area contributed by atoms with Crippen LogP contribution in [-0.2, 0) is 34.3 Å². The molecular formula is C20H24N2O3S. The van der Waals surface area contributed by atoms with Crippen molar-refractivity contribution < 1.29 is 13.2 Å². The van der Waals surface area contributed by atoms with Crippen molar-refractivity contribution in [2.75, 3.05) is 19.3 Å². The van der Waals surface area contributed by atoms with Gasteiger partial charge < -0.3 is 4.90 Å². The van der Waals surface area contributed by atoms with E-state index in [0.717, 1.165) is 29.4 Å². The van der Waals surface area contributed by atoms with Crippen molar-refractivity contribution in [2.24, 2.45) is 0 Å². The molecule has 0 saturated heterocycles. The Hall–Kier alpha value is -2.18. The number of fused-ring (bicyclic) bond motifs is 1. The molecular weight excluding hydrogens is 348 g/mol. The maximum absolute atomic E-state index is 12.7. The van der Waals surface area contributed by atoms with E-state index in [1.807, 2.05) is 49.4 Å². The SMILES string of the molecule is Cc1ccc(CN(CC(=O)N2CCc3ccccc3C2)S(C)(=O)=O)cc1. The van der Waals surface area contributed by atoms with Crippen molar-refractivity contribution in [3.8, 4) is 0 Å². The van der Waals surface area contributed by atoms with Gasteiger partial charge in [-0.2, -0.15) is 4.31 Å². The topological polar surface area (TPSA) is 57.7 Å². The molecule has 1 aliphatic heterocycles. The number of hydrogen-bond donors (Lipinski definition) is 0. The van der Waals surface area contributed by atoms with Gasteiger partial charge in [0, 0.05) is 19.6 Å². The summed E-state index contributed by atoms with van der Waals surface area (Å²) in [5.41, 5.74) is 4.38. The molecule has 0 spiro atoms. The molecule has 26 heavy (non-hydrogen) atoms. The number of benzene rings is 2. The third-order valence-corrected chi connectivity index (χ3v) is 5.94. The average molecular weight is 372 g/mol. The Labute approximate surface area is 155 Å². The lowest BCUT2D eigenvalue weighted by atomic mass is 10.00. The highest BCUT2D eigenvalue weighted by Gasteiger charge is 2.26. The first-order valence-electron chi connectivity index (χ1n) is 8.68. The standard InChI is InChI=1S/C20H24N2O3S/c1-16-7-9-17(10-8-16)13-22(26(2,24)25)15-20(23)21-12-11-18-5-3-4-6-19(18)14-21/h3-10H,11-15H2,1-2H3. The third kappa shape index (κ3) is 4.51. The van der Waals surface area contributed by atoms with E-state index >= 15 is 0 Å². The molecule has 0 aromatic heterocycles. The van der Waals surface area contributed by atoms with Gasteiger partial charge in [0.1, 0.15) is 0 Å². The lowest BCUT2D eigenvalue weighted by Crippen LogP contribution is -2.44. The molecule has 0 saturated carbocycles. The molecule has 1 heterocycles. The van der Waals surface area contributed by atoms with Gasteiger partial charge in [-0.1, -0.05) is 54.1 Å². The van der Waals surface area contributed by atoms with Crippen LogP contribution in [-0.4, -0.2) is 42.9 Å². The molecule has 1 aliphatic rings. The Morgan fingerprint density at radius 2 is 1.73 bits per heavy atom. The lowest BCUT2D eigenvalue weighted by Gasteiger charge is -2.30. The maximum Gasteiger partial charge on any atom is 0.238 e. The van der Waals surface area contributed by atoms with Gasteiger partial charge in [0.05, 0.1) is 12.8 Å². The van der Waals surface area contributed by atoms with Crippen LogP contribution < -0.4 is 0 Å². The second kappa shape index (κ2) is 7.60. The van der Waals surface area contributed by atoms with Gasteiger partial charge in [-0.25, -0.2) is 8.42 Å². The van der Waals surface area contributed by atoms with Crippen molar-refractivity contribution in [2.45, 2.75) is 26.4 Å². The number of amides is 1. The zero-order valence-corrected chi connectivity index (χ0v) is 16.0. The van der Waals surface area contributed by atoms with E-state index in [9.17, 15) is 13.2 Å². The molecule has 0 radical (unpaired) electrons. The Balaban J connectivity index is 1.71. The Bertz CT molecular complexity index is 892. The molecule has 0 unspecified atom stereocenters. The van der Waals surface area contributed by atoms with Gasteiger partial charge >= 0.3 is 0 Å². The second-order valence-corrected chi connectivity index (χ2v) is 8.83. The zero-order chi connectivity index (χ0) is 18.7. The third-order valence-electron chi connectivity index (χ3n) is 4.74. The largest absolute Gasteiger partial charge is 0.337 e. The minimum absolute atomic E-state index is 0.130. The second-order valence-electron chi connectivity index (χ2n) is 6.85.